The molecule has 2 unspecified atom stereocenters. The molecule has 0 heterocycles. The number of hydrogen-bond acceptors (Lipinski definition) is 1. The molecule has 2 atom stereocenters. The van der Waals surface area contributed by atoms with E-state index in [4.69, 9.17) is 0 Å². The third-order valence-corrected chi connectivity index (χ3v) is 5.69. The van der Waals surface area contributed by atoms with Crippen LogP contribution in [0.15, 0.2) is 0 Å². The first kappa shape index (κ1) is 15.7. The van der Waals surface area contributed by atoms with Gasteiger partial charge in [0.1, 0.15) is 5.78 Å². The standard InChI is InChI=1S/C10H16O.C7H16/c1-9(2)7-4-5-10(9,3)8(11)6-7;1-3-5-7-6-4-2/h7H,4-6H2,1-3H3;3-7H2,1-2H3. The maximum Gasteiger partial charge on any atom is 0.139 e. The fourth-order valence-electron chi connectivity index (χ4n) is 3.58. The minimum atomic E-state index is 0.0255. The molecule has 0 N–H and O–H groups in total. The molecule has 1 nitrogen and oxygen atoms in total. The van der Waals surface area contributed by atoms with Crippen molar-refractivity contribution in [2.24, 2.45) is 16.7 Å². The lowest BCUT2D eigenvalue weighted by atomic mass is 9.70. The van der Waals surface area contributed by atoms with Gasteiger partial charge in [-0.05, 0) is 24.2 Å². The average Bonchev–Trinajstić information content (AvgIpc) is 2.64. The number of carbonyl (C=O) groups is 1. The lowest BCUT2D eigenvalue weighted by Crippen LogP contribution is -2.32. The van der Waals surface area contributed by atoms with E-state index in [1.54, 1.807) is 0 Å². The fraction of sp³-hybridized carbons (Fsp3) is 0.941. The van der Waals surface area contributed by atoms with E-state index in [1.165, 1.54) is 38.5 Å². The van der Waals surface area contributed by atoms with Gasteiger partial charge in [-0.2, -0.15) is 0 Å². The molecular formula is C17H32O. The van der Waals surface area contributed by atoms with Crippen LogP contribution in [0.4, 0.5) is 0 Å². The molecule has 0 saturated heterocycles. The summed E-state index contributed by atoms with van der Waals surface area (Å²) in [5.74, 6) is 1.19. The highest BCUT2D eigenvalue weighted by molar-refractivity contribution is 5.89. The Labute approximate surface area is 114 Å². The highest BCUT2D eigenvalue weighted by atomic mass is 16.1. The molecule has 2 fully saturated rings. The molecule has 2 aliphatic rings. The van der Waals surface area contributed by atoms with E-state index in [-0.39, 0.29) is 10.8 Å². The Bertz CT molecular complexity index is 275. The first-order chi connectivity index (χ1) is 8.40. The lowest BCUT2D eigenvalue weighted by molar-refractivity contribution is -0.128. The van der Waals surface area contributed by atoms with Crippen LogP contribution in [0.5, 0.6) is 0 Å². The van der Waals surface area contributed by atoms with Crippen LogP contribution in [0.2, 0.25) is 0 Å². The van der Waals surface area contributed by atoms with Crippen molar-refractivity contribution in [3.63, 3.8) is 0 Å². The number of Topliss-reactive ketones (excluding diaryl/α,β-unsaturated/α-hetero) is 1. The van der Waals surface area contributed by atoms with Gasteiger partial charge < -0.3 is 0 Å². The SMILES string of the molecule is CC12CCC(CC1=O)C2(C)C.CCCCCCC. The molecule has 2 bridgehead atoms. The zero-order valence-corrected chi connectivity index (χ0v) is 13.1. The Hall–Kier alpha value is -0.330. The molecule has 0 aromatic carbocycles. The summed E-state index contributed by atoms with van der Waals surface area (Å²) in [5.41, 5.74) is 0.307. The Morgan fingerprint density at radius 2 is 1.61 bits per heavy atom. The molecule has 2 saturated carbocycles. The summed E-state index contributed by atoms with van der Waals surface area (Å²) < 4.78 is 0. The maximum absolute atomic E-state index is 11.6. The minimum Gasteiger partial charge on any atom is -0.299 e. The average molecular weight is 252 g/mol. The summed E-state index contributed by atoms with van der Waals surface area (Å²) in [7, 11) is 0. The number of fused-ring (bicyclic) bond motifs is 2. The highest BCUT2D eigenvalue weighted by Crippen LogP contribution is 2.63. The molecule has 2 rings (SSSR count). The Morgan fingerprint density at radius 3 is 1.83 bits per heavy atom. The molecule has 0 amide bonds. The molecule has 0 aromatic rings. The molecule has 0 aliphatic heterocycles. The summed E-state index contributed by atoms with van der Waals surface area (Å²) in [6.45, 7) is 11.2. The van der Waals surface area contributed by atoms with Gasteiger partial charge in [0.25, 0.3) is 0 Å². The molecule has 1 heteroatoms. The van der Waals surface area contributed by atoms with Gasteiger partial charge in [0.05, 0.1) is 0 Å². The third kappa shape index (κ3) is 2.81. The number of unbranched alkanes of at least 4 members (excludes halogenated alkanes) is 4. The quantitative estimate of drug-likeness (QED) is 0.614. The van der Waals surface area contributed by atoms with Crippen LogP contribution in [0.3, 0.4) is 0 Å². The smallest absolute Gasteiger partial charge is 0.139 e. The number of carbonyl (C=O) groups excluding carboxylic acids is 1. The van der Waals surface area contributed by atoms with Crippen LogP contribution in [0.25, 0.3) is 0 Å². The van der Waals surface area contributed by atoms with E-state index in [0.29, 0.717) is 11.7 Å². The van der Waals surface area contributed by atoms with Gasteiger partial charge in [-0.3, -0.25) is 4.79 Å². The summed E-state index contributed by atoms with van der Waals surface area (Å²) in [6.07, 6.45) is 10.3. The number of ketones is 1. The first-order valence-corrected chi connectivity index (χ1v) is 7.93. The van der Waals surface area contributed by atoms with Gasteiger partial charge >= 0.3 is 0 Å². The van der Waals surface area contributed by atoms with E-state index in [9.17, 15) is 4.79 Å². The summed E-state index contributed by atoms with van der Waals surface area (Å²) in [6, 6.07) is 0. The largest absolute Gasteiger partial charge is 0.299 e. The van der Waals surface area contributed by atoms with Crippen molar-refractivity contribution < 1.29 is 4.79 Å². The number of rotatable bonds is 4. The second kappa shape index (κ2) is 6.21. The molecule has 0 radical (unpaired) electrons. The van der Waals surface area contributed by atoms with Crippen molar-refractivity contribution in [3.8, 4) is 0 Å². The van der Waals surface area contributed by atoms with Gasteiger partial charge in [-0.1, -0.05) is 66.7 Å². The van der Waals surface area contributed by atoms with Crippen molar-refractivity contribution in [1.82, 2.24) is 0 Å². The third-order valence-electron chi connectivity index (χ3n) is 5.69. The van der Waals surface area contributed by atoms with Crippen LogP contribution in [0, 0.1) is 16.7 Å². The van der Waals surface area contributed by atoms with Crippen molar-refractivity contribution in [1.29, 1.82) is 0 Å². The van der Waals surface area contributed by atoms with E-state index >= 15 is 0 Å². The summed E-state index contributed by atoms with van der Waals surface area (Å²) in [5, 5.41) is 0. The van der Waals surface area contributed by atoms with Crippen LogP contribution in [-0.2, 0) is 4.79 Å². The van der Waals surface area contributed by atoms with E-state index < -0.39 is 0 Å². The van der Waals surface area contributed by atoms with Gasteiger partial charge in [-0.15, -0.1) is 0 Å². The molecular weight excluding hydrogens is 220 g/mol. The van der Waals surface area contributed by atoms with E-state index in [1.807, 2.05) is 0 Å². The predicted molar refractivity (Wildman–Crippen MR) is 78.7 cm³/mol. The van der Waals surface area contributed by atoms with Crippen molar-refractivity contribution in [2.75, 3.05) is 0 Å². The summed E-state index contributed by atoms with van der Waals surface area (Å²) in [4.78, 5) is 11.6. The Morgan fingerprint density at radius 1 is 1.06 bits per heavy atom. The topological polar surface area (TPSA) is 17.1 Å². The van der Waals surface area contributed by atoms with E-state index in [0.717, 1.165) is 12.8 Å². The minimum absolute atomic E-state index is 0.0255. The second-order valence-electron chi connectivity index (χ2n) is 6.98. The van der Waals surface area contributed by atoms with E-state index in [2.05, 4.69) is 34.6 Å². The maximum atomic E-state index is 11.6. The van der Waals surface area contributed by atoms with Gasteiger partial charge in [0.15, 0.2) is 0 Å². The van der Waals surface area contributed by atoms with Crippen molar-refractivity contribution in [3.05, 3.63) is 0 Å². The highest BCUT2D eigenvalue weighted by Gasteiger charge is 2.61. The lowest BCUT2D eigenvalue weighted by Gasteiger charge is -2.32. The van der Waals surface area contributed by atoms with Crippen molar-refractivity contribution in [2.45, 2.75) is 86.0 Å². The zero-order valence-electron chi connectivity index (χ0n) is 13.1. The molecule has 2 aliphatic carbocycles. The van der Waals surface area contributed by atoms with Crippen LogP contribution < -0.4 is 0 Å². The monoisotopic (exact) mass is 252 g/mol. The molecule has 0 spiro atoms. The van der Waals surface area contributed by atoms with Crippen molar-refractivity contribution >= 4 is 5.78 Å². The normalized spacial score (nSPS) is 32.3. The Kier molecular flexibility index (Phi) is 5.43. The molecule has 106 valence electrons. The number of hydrogen-bond donors (Lipinski definition) is 0. The predicted octanol–water partition coefficient (Wildman–Crippen LogP) is 5.38. The van der Waals surface area contributed by atoms with Gasteiger partial charge in [-0.25, -0.2) is 0 Å². The van der Waals surface area contributed by atoms with Gasteiger partial charge in [0.2, 0.25) is 0 Å². The zero-order chi connectivity index (χ0) is 13.8. The first-order valence-electron chi connectivity index (χ1n) is 7.93. The van der Waals surface area contributed by atoms with Crippen LogP contribution >= 0.6 is 0 Å². The molecule has 0 aromatic heterocycles. The van der Waals surface area contributed by atoms with Crippen LogP contribution in [0.1, 0.15) is 86.0 Å². The summed E-state index contributed by atoms with van der Waals surface area (Å²) >= 11 is 0. The molecule has 18 heavy (non-hydrogen) atoms. The van der Waals surface area contributed by atoms with Gasteiger partial charge in [0, 0.05) is 11.8 Å². The van der Waals surface area contributed by atoms with Crippen LogP contribution in [-0.4, -0.2) is 5.78 Å². The second-order valence-corrected chi connectivity index (χ2v) is 6.98. The Balaban J connectivity index is 0.000000203. The fourth-order valence-corrected chi connectivity index (χ4v) is 3.58.